The maximum absolute atomic E-state index is 9.95. The van der Waals surface area contributed by atoms with Gasteiger partial charge in [0.2, 0.25) is 5.95 Å². The van der Waals surface area contributed by atoms with Crippen LogP contribution in [0.15, 0.2) is 30.6 Å². The zero-order valence-electron chi connectivity index (χ0n) is 15.8. The largest absolute Gasteiger partial charge is 0.508 e. The van der Waals surface area contributed by atoms with Crippen LogP contribution in [-0.4, -0.2) is 42.4 Å². The molecule has 0 amide bonds. The Bertz CT molecular complexity index is 904. The van der Waals surface area contributed by atoms with E-state index in [0.29, 0.717) is 23.8 Å². The van der Waals surface area contributed by atoms with Crippen LogP contribution in [0.25, 0.3) is 11.2 Å². The molecule has 0 saturated carbocycles. The van der Waals surface area contributed by atoms with Gasteiger partial charge in [-0.25, -0.2) is 15.0 Å². The molecule has 8 heteroatoms. The van der Waals surface area contributed by atoms with Gasteiger partial charge in [-0.15, -0.1) is 0 Å². The van der Waals surface area contributed by atoms with Gasteiger partial charge in [-0.05, 0) is 26.3 Å². The first-order chi connectivity index (χ1) is 13.0. The van der Waals surface area contributed by atoms with E-state index in [1.54, 1.807) is 12.1 Å². The summed E-state index contributed by atoms with van der Waals surface area (Å²) in [6, 6.07) is 7.23. The van der Waals surface area contributed by atoms with Gasteiger partial charge in [-0.2, -0.15) is 0 Å². The van der Waals surface area contributed by atoms with Crippen molar-refractivity contribution in [3.05, 3.63) is 36.2 Å². The maximum atomic E-state index is 9.95. The van der Waals surface area contributed by atoms with Gasteiger partial charge >= 0.3 is 0 Å². The number of hydrogen-bond acceptors (Lipinski definition) is 7. The van der Waals surface area contributed by atoms with E-state index in [1.165, 1.54) is 6.33 Å². The number of aromatic hydroxyl groups is 1. The number of nitrogens with zero attached hydrogens (tertiary/aromatic N) is 4. The molecule has 0 bridgehead atoms. The van der Waals surface area contributed by atoms with Gasteiger partial charge in [0.05, 0.1) is 12.6 Å². The van der Waals surface area contributed by atoms with Gasteiger partial charge in [0, 0.05) is 18.2 Å². The van der Waals surface area contributed by atoms with Gasteiger partial charge in [0.15, 0.2) is 17.0 Å². The molecule has 0 aliphatic carbocycles. The number of phenolic OH excluding ortho intramolecular Hbond substituents is 1. The molecule has 0 fully saturated rings. The van der Waals surface area contributed by atoms with Crippen molar-refractivity contribution in [2.24, 2.45) is 0 Å². The summed E-state index contributed by atoms with van der Waals surface area (Å²) in [5, 5.41) is 26.0. The summed E-state index contributed by atoms with van der Waals surface area (Å²) in [5.41, 5.74) is 2.14. The van der Waals surface area contributed by atoms with Crippen molar-refractivity contribution in [1.82, 2.24) is 19.5 Å². The zero-order chi connectivity index (χ0) is 19.4. The number of para-hydroxylation sites is 1. The Balaban J connectivity index is 1.96. The quantitative estimate of drug-likeness (QED) is 0.483. The van der Waals surface area contributed by atoms with E-state index in [-0.39, 0.29) is 24.4 Å². The minimum absolute atomic E-state index is 0.0296. The number of nitrogens with one attached hydrogen (secondary N) is 2. The number of benzene rings is 1. The van der Waals surface area contributed by atoms with Crippen molar-refractivity contribution in [1.29, 1.82) is 0 Å². The molecular formula is C19H26N6O2. The molecule has 27 heavy (non-hydrogen) atoms. The number of phenols is 1. The molecule has 8 nitrogen and oxygen atoms in total. The molecule has 144 valence electrons. The number of rotatable bonds is 8. The van der Waals surface area contributed by atoms with Crippen LogP contribution in [0.5, 0.6) is 5.75 Å². The summed E-state index contributed by atoms with van der Waals surface area (Å²) >= 11 is 0. The van der Waals surface area contributed by atoms with E-state index in [1.807, 2.05) is 23.6 Å². The van der Waals surface area contributed by atoms with Crippen LogP contribution in [-0.2, 0) is 6.54 Å². The highest BCUT2D eigenvalue weighted by Crippen LogP contribution is 2.27. The topological polar surface area (TPSA) is 108 Å². The molecule has 3 rings (SSSR count). The fourth-order valence-electron chi connectivity index (χ4n) is 2.93. The molecular weight excluding hydrogens is 344 g/mol. The van der Waals surface area contributed by atoms with Gasteiger partial charge in [-0.1, -0.05) is 25.1 Å². The summed E-state index contributed by atoms with van der Waals surface area (Å²) in [6.07, 6.45) is 2.28. The van der Waals surface area contributed by atoms with Crippen LogP contribution < -0.4 is 10.6 Å². The first-order valence-corrected chi connectivity index (χ1v) is 9.16. The van der Waals surface area contributed by atoms with Crippen LogP contribution in [0.2, 0.25) is 0 Å². The van der Waals surface area contributed by atoms with E-state index >= 15 is 0 Å². The van der Waals surface area contributed by atoms with Crippen molar-refractivity contribution < 1.29 is 10.2 Å². The van der Waals surface area contributed by atoms with Crippen LogP contribution in [0.1, 0.15) is 38.8 Å². The number of aliphatic hydroxyl groups excluding tert-OH is 1. The lowest BCUT2D eigenvalue weighted by Crippen LogP contribution is -2.25. The highest BCUT2D eigenvalue weighted by atomic mass is 16.3. The molecule has 0 radical (unpaired) electrons. The highest BCUT2D eigenvalue weighted by Gasteiger charge is 2.19. The van der Waals surface area contributed by atoms with E-state index < -0.39 is 0 Å². The average molecular weight is 370 g/mol. The van der Waals surface area contributed by atoms with Crippen LogP contribution >= 0.6 is 0 Å². The first-order valence-electron chi connectivity index (χ1n) is 9.16. The Morgan fingerprint density at radius 2 is 1.96 bits per heavy atom. The molecule has 1 aromatic carbocycles. The second-order valence-corrected chi connectivity index (χ2v) is 6.71. The second-order valence-electron chi connectivity index (χ2n) is 6.71. The van der Waals surface area contributed by atoms with Crippen molar-refractivity contribution in [2.45, 2.75) is 45.8 Å². The third kappa shape index (κ3) is 3.95. The van der Waals surface area contributed by atoms with E-state index in [9.17, 15) is 10.2 Å². The lowest BCUT2D eigenvalue weighted by Gasteiger charge is -2.18. The number of anilines is 2. The Morgan fingerprint density at radius 1 is 1.19 bits per heavy atom. The molecule has 2 aromatic heterocycles. The Kier molecular flexibility index (Phi) is 5.75. The lowest BCUT2D eigenvalue weighted by molar-refractivity contribution is 0.271. The predicted octanol–water partition coefficient (Wildman–Crippen LogP) is 2.91. The standard InChI is InChI=1S/C19H26N6O2/c1-4-14(10-26)23-19-24-16-17(20-9-13-7-5-6-8-15(13)27)21-11-22-18(16)25(19)12(2)3/h5-8,11-12,14,26-27H,4,9-10H2,1-3H3,(H,23,24)(H,20,21,22). The summed E-state index contributed by atoms with van der Waals surface area (Å²) in [4.78, 5) is 13.4. The van der Waals surface area contributed by atoms with E-state index in [4.69, 9.17) is 4.98 Å². The fourth-order valence-corrected chi connectivity index (χ4v) is 2.93. The summed E-state index contributed by atoms with van der Waals surface area (Å²) in [5.74, 6) is 1.49. The average Bonchev–Trinajstić information content (AvgIpc) is 3.04. The lowest BCUT2D eigenvalue weighted by atomic mass is 10.2. The number of aromatic nitrogens is 4. The molecule has 0 aliphatic heterocycles. The highest BCUT2D eigenvalue weighted by molar-refractivity contribution is 5.85. The summed E-state index contributed by atoms with van der Waals surface area (Å²) in [7, 11) is 0. The molecule has 0 saturated heterocycles. The number of imidazole rings is 1. The predicted molar refractivity (Wildman–Crippen MR) is 106 cm³/mol. The number of aliphatic hydroxyl groups is 1. The maximum Gasteiger partial charge on any atom is 0.205 e. The molecule has 0 aliphatic rings. The molecule has 3 aromatic rings. The van der Waals surface area contributed by atoms with Gasteiger partial charge < -0.3 is 20.8 Å². The number of fused-ring (bicyclic) bond motifs is 1. The van der Waals surface area contributed by atoms with Gasteiger partial charge in [0.25, 0.3) is 0 Å². The molecule has 1 unspecified atom stereocenters. The fraction of sp³-hybridized carbons (Fsp3) is 0.421. The Morgan fingerprint density at radius 3 is 2.63 bits per heavy atom. The van der Waals surface area contributed by atoms with Crippen molar-refractivity contribution in [3.63, 3.8) is 0 Å². The molecule has 4 N–H and O–H groups in total. The molecule has 1 atom stereocenters. The summed E-state index contributed by atoms with van der Waals surface area (Å²) < 4.78 is 2.00. The normalized spacial score (nSPS) is 12.5. The van der Waals surface area contributed by atoms with E-state index in [0.717, 1.165) is 17.6 Å². The Labute approximate surface area is 158 Å². The third-order valence-electron chi connectivity index (χ3n) is 4.48. The minimum atomic E-state index is -0.0788. The monoisotopic (exact) mass is 370 g/mol. The first kappa shape index (κ1) is 18.9. The number of hydrogen-bond donors (Lipinski definition) is 4. The van der Waals surface area contributed by atoms with Crippen molar-refractivity contribution in [3.8, 4) is 5.75 Å². The van der Waals surface area contributed by atoms with Crippen LogP contribution in [0.4, 0.5) is 11.8 Å². The Hall–Kier alpha value is -2.87. The van der Waals surface area contributed by atoms with Crippen LogP contribution in [0, 0.1) is 0 Å². The summed E-state index contributed by atoms with van der Waals surface area (Å²) in [6.45, 7) is 6.58. The van der Waals surface area contributed by atoms with Gasteiger partial charge in [0.1, 0.15) is 12.1 Å². The zero-order valence-corrected chi connectivity index (χ0v) is 15.8. The molecule has 0 spiro atoms. The van der Waals surface area contributed by atoms with E-state index in [2.05, 4.69) is 34.4 Å². The third-order valence-corrected chi connectivity index (χ3v) is 4.48. The molecule has 2 heterocycles. The van der Waals surface area contributed by atoms with Crippen molar-refractivity contribution in [2.75, 3.05) is 17.2 Å². The minimum Gasteiger partial charge on any atom is -0.508 e. The second kappa shape index (κ2) is 8.22. The SMILES string of the molecule is CCC(CO)Nc1nc2c(NCc3ccccc3O)ncnc2n1C(C)C. The smallest absolute Gasteiger partial charge is 0.205 e. The van der Waals surface area contributed by atoms with Crippen LogP contribution in [0.3, 0.4) is 0 Å². The van der Waals surface area contributed by atoms with Crippen molar-refractivity contribution >= 4 is 22.9 Å². The van der Waals surface area contributed by atoms with Gasteiger partial charge in [-0.3, -0.25) is 4.57 Å².